The number of aryl methyl sites for hydroxylation is 1. The maximum atomic E-state index is 5.02. The van der Waals surface area contributed by atoms with Crippen molar-refractivity contribution in [1.82, 2.24) is 15.3 Å². The molecule has 1 aliphatic rings. The second-order valence-corrected chi connectivity index (χ2v) is 2.72. The third kappa shape index (κ3) is 1.27. The Kier molecular flexibility index (Phi) is 1.63. The topological polar surface area (TPSA) is 39.1 Å². The van der Waals surface area contributed by atoms with E-state index in [4.69, 9.17) is 4.84 Å². The Hall–Kier alpha value is -0.870. The lowest BCUT2D eigenvalue weighted by Gasteiger charge is -2.02. The minimum atomic E-state index is 0.288. The minimum Gasteiger partial charge on any atom is -0.301 e. The fraction of sp³-hybridized carbons (Fsp3) is 0.571. The number of hydroxylamine groups is 1. The smallest absolute Gasteiger partial charge is 0.0818 e. The highest BCUT2D eigenvalue weighted by Gasteiger charge is 2.18. The molecule has 4 nitrogen and oxygen atoms in total. The van der Waals surface area contributed by atoms with E-state index in [1.807, 2.05) is 19.3 Å². The largest absolute Gasteiger partial charge is 0.301 e. The summed E-state index contributed by atoms with van der Waals surface area (Å²) in [4.78, 5) is 5.02. The van der Waals surface area contributed by atoms with Crippen molar-refractivity contribution in [3.63, 3.8) is 0 Å². The van der Waals surface area contributed by atoms with Gasteiger partial charge < -0.3 is 4.84 Å². The van der Waals surface area contributed by atoms with Crippen LogP contribution in [0.4, 0.5) is 0 Å². The summed E-state index contributed by atoms with van der Waals surface area (Å²) in [7, 11) is 1.92. The molecule has 0 amide bonds. The van der Waals surface area contributed by atoms with Crippen molar-refractivity contribution >= 4 is 0 Å². The van der Waals surface area contributed by atoms with Gasteiger partial charge in [0.2, 0.25) is 0 Å². The number of rotatable bonds is 1. The van der Waals surface area contributed by atoms with E-state index in [1.165, 1.54) is 0 Å². The van der Waals surface area contributed by atoms with Gasteiger partial charge in [-0.1, -0.05) is 0 Å². The molecule has 0 bridgehead atoms. The molecule has 1 aliphatic heterocycles. The summed E-state index contributed by atoms with van der Waals surface area (Å²) >= 11 is 0. The van der Waals surface area contributed by atoms with E-state index in [1.54, 1.807) is 4.68 Å². The van der Waals surface area contributed by atoms with Crippen LogP contribution in [0.5, 0.6) is 0 Å². The van der Waals surface area contributed by atoms with Crippen LogP contribution in [0.25, 0.3) is 0 Å². The zero-order chi connectivity index (χ0) is 7.68. The van der Waals surface area contributed by atoms with Crippen molar-refractivity contribution in [1.29, 1.82) is 0 Å². The molecule has 60 valence electrons. The summed E-state index contributed by atoms with van der Waals surface area (Å²) in [5.41, 5.74) is 3.97. The van der Waals surface area contributed by atoms with Gasteiger partial charge in [0.25, 0.3) is 0 Å². The van der Waals surface area contributed by atoms with Gasteiger partial charge in [-0.15, -0.1) is 0 Å². The van der Waals surface area contributed by atoms with Crippen molar-refractivity contribution in [3.8, 4) is 0 Å². The van der Waals surface area contributed by atoms with Crippen LogP contribution in [0.3, 0.4) is 0 Å². The molecule has 0 radical (unpaired) electrons. The van der Waals surface area contributed by atoms with E-state index in [2.05, 4.69) is 10.6 Å². The Labute approximate surface area is 65.1 Å². The zero-order valence-corrected chi connectivity index (χ0v) is 6.45. The quantitative estimate of drug-likeness (QED) is 0.634. The van der Waals surface area contributed by atoms with Crippen LogP contribution in [0.1, 0.15) is 18.2 Å². The fourth-order valence-corrected chi connectivity index (χ4v) is 1.22. The molecule has 1 fully saturated rings. The van der Waals surface area contributed by atoms with Crippen LogP contribution >= 0.6 is 0 Å². The molecule has 1 saturated heterocycles. The molecule has 11 heavy (non-hydrogen) atoms. The first-order chi connectivity index (χ1) is 5.36. The Morgan fingerprint density at radius 3 is 3.27 bits per heavy atom. The standard InChI is InChI=1S/C7H11N3O/c1-10-4-2-6(8-10)7-3-5-11-9-7/h2,4,7,9H,3,5H2,1H3. The predicted octanol–water partition coefficient (Wildman–Crippen LogP) is 0.386. The molecule has 4 heteroatoms. The van der Waals surface area contributed by atoms with E-state index in [0.29, 0.717) is 0 Å². The lowest BCUT2D eigenvalue weighted by molar-refractivity contribution is 0.0876. The van der Waals surface area contributed by atoms with Gasteiger partial charge in [0, 0.05) is 13.2 Å². The predicted molar refractivity (Wildman–Crippen MR) is 39.7 cm³/mol. The van der Waals surface area contributed by atoms with Crippen LogP contribution in [-0.4, -0.2) is 16.4 Å². The average Bonchev–Trinajstić information content (AvgIpc) is 2.55. The fourth-order valence-electron chi connectivity index (χ4n) is 1.22. The second-order valence-electron chi connectivity index (χ2n) is 2.72. The maximum Gasteiger partial charge on any atom is 0.0818 e. The molecular formula is C7H11N3O. The Morgan fingerprint density at radius 1 is 1.82 bits per heavy atom. The minimum absolute atomic E-state index is 0.288. The van der Waals surface area contributed by atoms with Gasteiger partial charge in [-0.3, -0.25) is 4.68 Å². The molecule has 1 aromatic rings. The van der Waals surface area contributed by atoms with E-state index in [9.17, 15) is 0 Å². The number of nitrogens with one attached hydrogen (secondary N) is 1. The Balaban J connectivity index is 2.15. The number of hydrogen-bond donors (Lipinski definition) is 1. The molecule has 1 N–H and O–H groups in total. The molecular weight excluding hydrogens is 142 g/mol. The van der Waals surface area contributed by atoms with Gasteiger partial charge in [0.05, 0.1) is 18.3 Å². The molecule has 2 heterocycles. The summed E-state index contributed by atoms with van der Waals surface area (Å²) < 4.78 is 1.80. The molecule has 2 rings (SSSR count). The molecule has 0 spiro atoms. The van der Waals surface area contributed by atoms with Crippen molar-refractivity contribution < 1.29 is 4.84 Å². The van der Waals surface area contributed by atoms with Crippen LogP contribution in [0, 0.1) is 0 Å². The lowest BCUT2D eigenvalue weighted by Crippen LogP contribution is -2.12. The van der Waals surface area contributed by atoms with E-state index < -0.39 is 0 Å². The SMILES string of the molecule is Cn1ccc(C2CCON2)n1. The number of aromatic nitrogens is 2. The third-order valence-electron chi connectivity index (χ3n) is 1.83. The molecule has 1 atom stereocenters. The summed E-state index contributed by atoms with van der Waals surface area (Å²) in [6, 6.07) is 2.29. The second kappa shape index (κ2) is 2.64. The zero-order valence-electron chi connectivity index (χ0n) is 6.45. The first-order valence-corrected chi connectivity index (χ1v) is 3.73. The van der Waals surface area contributed by atoms with E-state index in [0.717, 1.165) is 18.7 Å². The Bertz CT molecular complexity index is 240. The number of hydrogen-bond acceptors (Lipinski definition) is 3. The van der Waals surface area contributed by atoms with Gasteiger partial charge in [-0.2, -0.15) is 10.6 Å². The highest BCUT2D eigenvalue weighted by atomic mass is 16.7. The van der Waals surface area contributed by atoms with Crippen molar-refractivity contribution in [2.75, 3.05) is 6.61 Å². The van der Waals surface area contributed by atoms with Crippen molar-refractivity contribution in [2.45, 2.75) is 12.5 Å². The molecule has 0 aliphatic carbocycles. The average molecular weight is 153 g/mol. The monoisotopic (exact) mass is 153 g/mol. The van der Waals surface area contributed by atoms with E-state index in [-0.39, 0.29) is 6.04 Å². The van der Waals surface area contributed by atoms with Gasteiger partial charge in [0.15, 0.2) is 0 Å². The van der Waals surface area contributed by atoms with E-state index >= 15 is 0 Å². The highest BCUT2D eigenvalue weighted by molar-refractivity contribution is 5.05. The normalized spacial score (nSPS) is 24.3. The Morgan fingerprint density at radius 2 is 2.73 bits per heavy atom. The van der Waals surface area contributed by atoms with Crippen LogP contribution in [0.15, 0.2) is 12.3 Å². The molecule has 1 unspecified atom stereocenters. The summed E-state index contributed by atoms with van der Waals surface area (Å²) in [6.07, 6.45) is 2.95. The maximum absolute atomic E-state index is 5.02. The van der Waals surface area contributed by atoms with Crippen LogP contribution < -0.4 is 5.48 Å². The van der Waals surface area contributed by atoms with Gasteiger partial charge >= 0.3 is 0 Å². The van der Waals surface area contributed by atoms with Crippen molar-refractivity contribution in [2.24, 2.45) is 7.05 Å². The van der Waals surface area contributed by atoms with Crippen LogP contribution in [0.2, 0.25) is 0 Å². The van der Waals surface area contributed by atoms with Gasteiger partial charge in [0.1, 0.15) is 0 Å². The van der Waals surface area contributed by atoms with Gasteiger partial charge in [-0.05, 0) is 12.5 Å². The summed E-state index contributed by atoms with van der Waals surface area (Å²) in [6.45, 7) is 0.779. The molecule has 0 saturated carbocycles. The van der Waals surface area contributed by atoms with Crippen LogP contribution in [-0.2, 0) is 11.9 Å². The van der Waals surface area contributed by atoms with Crippen molar-refractivity contribution in [3.05, 3.63) is 18.0 Å². The van der Waals surface area contributed by atoms with Gasteiger partial charge in [-0.25, -0.2) is 0 Å². The third-order valence-corrected chi connectivity index (χ3v) is 1.83. The summed E-state index contributed by atoms with van der Waals surface area (Å²) in [5, 5.41) is 4.27. The lowest BCUT2D eigenvalue weighted by atomic mass is 10.2. The first-order valence-electron chi connectivity index (χ1n) is 3.73. The highest BCUT2D eigenvalue weighted by Crippen LogP contribution is 2.18. The number of nitrogens with zero attached hydrogens (tertiary/aromatic N) is 2. The molecule has 1 aromatic heterocycles. The summed E-state index contributed by atoms with van der Waals surface area (Å²) in [5.74, 6) is 0. The molecule has 0 aromatic carbocycles. The first kappa shape index (κ1) is 6.82.